The van der Waals surface area contributed by atoms with Crippen molar-refractivity contribution >= 4 is 11.7 Å². The van der Waals surface area contributed by atoms with Crippen LogP contribution in [0.2, 0.25) is 0 Å². The van der Waals surface area contributed by atoms with Crippen molar-refractivity contribution in [2.45, 2.75) is 13.8 Å². The summed E-state index contributed by atoms with van der Waals surface area (Å²) in [5.74, 6) is -3.72. The number of urea groups is 1. The standard InChI is InChI=1S/C17H17F3N2O2/c1-10-7-11(2)9-12(8-10)24-6-5-21-17(23)22-14-4-3-13(18)15(19)16(14)20/h3-4,7-9H,5-6H2,1-2H3,(H2,21,22,23). The molecule has 0 aliphatic heterocycles. The van der Waals surface area contributed by atoms with E-state index in [2.05, 4.69) is 10.6 Å². The highest BCUT2D eigenvalue weighted by molar-refractivity contribution is 5.89. The Hall–Kier alpha value is -2.70. The summed E-state index contributed by atoms with van der Waals surface area (Å²) < 4.78 is 44.8. The van der Waals surface area contributed by atoms with Crippen LogP contribution in [0.5, 0.6) is 5.75 Å². The van der Waals surface area contributed by atoms with Crippen molar-refractivity contribution in [3.05, 3.63) is 58.9 Å². The third-order valence-corrected chi connectivity index (χ3v) is 3.13. The highest BCUT2D eigenvalue weighted by Crippen LogP contribution is 2.19. The molecule has 128 valence electrons. The topological polar surface area (TPSA) is 50.4 Å². The molecule has 0 radical (unpaired) electrons. The van der Waals surface area contributed by atoms with E-state index in [0.717, 1.165) is 23.3 Å². The van der Waals surface area contributed by atoms with Crippen LogP contribution in [0.1, 0.15) is 11.1 Å². The van der Waals surface area contributed by atoms with Gasteiger partial charge in [0.25, 0.3) is 0 Å². The van der Waals surface area contributed by atoms with E-state index in [1.807, 2.05) is 32.0 Å². The summed E-state index contributed by atoms with van der Waals surface area (Å²) in [6.07, 6.45) is 0. The van der Waals surface area contributed by atoms with Gasteiger partial charge in [-0.25, -0.2) is 18.0 Å². The van der Waals surface area contributed by atoms with Crippen LogP contribution in [0.15, 0.2) is 30.3 Å². The first kappa shape index (κ1) is 17.7. The van der Waals surface area contributed by atoms with Gasteiger partial charge in [-0.05, 0) is 49.2 Å². The fourth-order valence-electron chi connectivity index (χ4n) is 2.14. The smallest absolute Gasteiger partial charge is 0.319 e. The predicted molar refractivity (Wildman–Crippen MR) is 84.7 cm³/mol. The Morgan fingerprint density at radius 1 is 1.04 bits per heavy atom. The molecule has 0 aliphatic rings. The van der Waals surface area contributed by atoms with Crippen molar-refractivity contribution in [2.75, 3.05) is 18.5 Å². The highest BCUT2D eigenvalue weighted by atomic mass is 19.2. The van der Waals surface area contributed by atoms with Crippen molar-refractivity contribution < 1.29 is 22.7 Å². The van der Waals surface area contributed by atoms with E-state index in [-0.39, 0.29) is 13.2 Å². The molecule has 0 spiro atoms. The lowest BCUT2D eigenvalue weighted by atomic mass is 10.1. The molecule has 0 aromatic heterocycles. The van der Waals surface area contributed by atoms with Crippen LogP contribution >= 0.6 is 0 Å². The van der Waals surface area contributed by atoms with Crippen molar-refractivity contribution in [3.8, 4) is 5.75 Å². The lowest BCUT2D eigenvalue weighted by Gasteiger charge is -2.11. The molecule has 2 aromatic carbocycles. The van der Waals surface area contributed by atoms with Gasteiger partial charge in [0.2, 0.25) is 0 Å². The van der Waals surface area contributed by atoms with Crippen LogP contribution in [-0.4, -0.2) is 19.2 Å². The lowest BCUT2D eigenvalue weighted by Crippen LogP contribution is -2.32. The Bertz CT molecular complexity index is 731. The molecule has 0 bridgehead atoms. The Kier molecular flexibility index (Phi) is 5.68. The van der Waals surface area contributed by atoms with E-state index in [1.54, 1.807) is 0 Å². The number of halogens is 3. The largest absolute Gasteiger partial charge is 0.492 e. The average molecular weight is 338 g/mol. The molecule has 2 rings (SSSR count). The predicted octanol–water partition coefficient (Wildman–Crippen LogP) is 3.92. The number of benzene rings is 2. The first-order valence-corrected chi connectivity index (χ1v) is 7.26. The summed E-state index contributed by atoms with van der Waals surface area (Å²) in [4.78, 5) is 11.6. The number of ether oxygens (including phenoxy) is 1. The number of anilines is 1. The first-order chi connectivity index (χ1) is 11.4. The van der Waals surface area contributed by atoms with E-state index < -0.39 is 29.2 Å². The van der Waals surface area contributed by atoms with Crippen LogP contribution in [-0.2, 0) is 0 Å². The fourth-order valence-corrected chi connectivity index (χ4v) is 2.14. The zero-order chi connectivity index (χ0) is 17.7. The Morgan fingerprint density at radius 3 is 2.38 bits per heavy atom. The molecular weight excluding hydrogens is 321 g/mol. The van der Waals surface area contributed by atoms with Crippen LogP contribution in [0.3, 0.4) is 0 Å². The van der Waals surface area contributed by atoms with Crippen molar-refractivity contribution in [1.29, 1.82) is 0 Å². The molecule has 0 saturated carbocycles. The maximum Gasteiger partial charge on any atom is 0.319 e. The zero-order valence-corrected chi connectivity index (χ0v) is 13.3. The zero-order valence-electron chi connectivity index (χ0n) is 13.3. The summed E-state index contributed by atoms with van der Waals surface area (Å²) in [6, 6.07) is 6.67. The normalized spacial score (nSPS) is 10.4. The Balaban J connectivity index is 1.80. The monoisotopic (exact) mass is 338 g/mol. The third-order valence-electron chi connectivity index (χ3n) is 3.13. The van der Waals surface area contributed by atoms with E-state index >= 15 is 0 Å². The van der Waals surface area contributed by atoms with Crippen LogP contribution in [0.4, 0.5) is 23.7 Å². The maximum absolute atomic E-state index is 13.4. The molecule has 2 amide bonds. The second-order valence-electron chi connectivity index (χ2n) is 5.28. The highest BCUT2D eigenvalue weighted by Gasteiger charge is 2.14. The van der Waals surface area contributed by atoms with E-state index in [1.165, 1.54) is 0 Å². The van der Waals surface area contributed by atoms with Gasteiger partial charge in [-0.2, -0.15) is 0 Å². The SMILES string of the molecule is Cc1cc(C)cc(OCCNC(=O)Nc2ccc(F)c(F)c2F)c1. The number of carbonyl (C=O) groups excluding carboxylic acids is 1. The van der Waals surface area contributed by atoms with Gasteiger partial charge >= 0.3 is 6.03 Å². The number of rotatable bonds is 5. The molecule has 24 heavy (non-hydrogen) atoms. The number of amides is 2. The second-order valence-corrected chi connectivity index (χ2v) is 5.28. The van der Waals surface area contributed by atoms with Crippen molar-refractivity contribution in [2.24, 2.45) is 0 Å². The molecule has 2 aromatic rings. The summed E-state index contributed by atoms with van der Waals surface area (Å²) >= 11 is 0. The summed E-state index contributed by atoms with van der Waals surface area (Å²) in [6.45, 7) is 4.25. The quantitative estimate of drug-likeness (QED) is 0.641. The molecule has 0 aliphatic carbocycles. The molecular formula is C17H17F3N2O2. The fraction of sp³-hybridized carbons (Fsp3) is 0.235. The number of carbonyl (C=O) groups is 1. The lowest BCUT2D eigenvalue weighted by molar-refractivity contribution is 0.247. The van der Waals surface area contributed by atoms with Gasteiger partial charge in [-0.1, -0.05) is 6.07 Å². The summed E-state index contributed by atoms with van der Waals surface area (Å²) in [5, 5.41) is 4.54. The van der Waals surface area contributed by atoms with Crippen LogP contribution in [0.25, 0.3) is 0 Å². The van der Waals surface area contributed by atoms with Gasteiger partial charge in [-0.3, -0.25) is 0 Å². The first-order valence-electron chi connectivity index (χ1n) is 7.26. The van der Waals surface area contributed by atoms with Gasteiger partial charge in [0.15, 0.2) is 17.5 Å². The molecule has 2 N–H and O–H groups in total. The summed E-state index contributed by atoms with van der Waals surface area (Å²) in [5.41, 5.74) is 1.68. The van der Waals surface area contributed by atoms with Crippen LogP contribution in [0, 0.1) is 31.3 Å². The molecule has 0 atom stereocenters. The van der Waals surface area contributed by atoms with E-state index in [4.69, 9.17) is 4.74 Å². The van der Waals surface area contributed by atoms with Crippen molar-refractivity contribution in [3.63, 3.8) is 0 Å². The second kappa shape index (κ2) is 7.72. The van der Waals surface area contributed by atoms with Crippen molar-refractivity contribution in [1.82, 2.24) is 5.32 Å². The number of aryl methyl sites for hydroxylation is 2. The number of hydrogen-bond donors (Lipinski definition) is 2. The van der Waals surface area contributed by atoms with Gasteiger partial charge in [0, 0.05) is 0 Å². The number of hydrogen-bond acceptors (Lipinski definition) is 2. The molecule has 0 heterocycles. The van der Waals surface area contributed by atoms with Gasteiger partial charge in [0.05, 0.1) is 12.2 Å². The summed E-state index contributed by atoms with van der Waals surface area (Å²) in [7, 11) is 0. The van der Waals surface area contributed by atoms with E-state index in [9.17, 15) is 18.0 Å². The van der Waals surface area contributed by atoms with Crippen LogP contribution < -0.4 is 15.4 Å². The molecule has 0 saturated heterocycles. The third kappa shape index (κ3) is 4.65. The number of nitrogens with one attached hydrogen (secondary N) is 2. The molecule has 0 fully saturated rings. The average Bonchev–Trinajstić information content (AvgIpc) is 2.51. The Morgan fingerprint density at radius 2 is 1.71 bits per heavy atom. The minimum Gasteiger partial charge on any atom is -0.492 e. The minimum absolute atomic E-state index is 0.157. The molecule has 0 unspecified atom stereocenters. The molecule has 7 heteroatoms. The minimum atomic E-state index is -1.63. The maximum atomic E-state index is 13.4. The molecule has 4 nitrogen and oxygen atoms in total. The van der Waals surface area contributed by atoms with E-state index in [0.29, 0.717) is 5.75 Å². The van der Waals surface area contributed by atoms with Gasteiger partial charge in [-0.15, -0.1) is 0 Å². The van der Waals surface area contributed by atoms with Gasteiger partial charge in [0.1, 0.15) is 12.4 Å². The Labute approximate surface area is 137 Å². The van der Waals surface area contributed by atoms with Gasteiger partial charge < -0.3 is 15.4 Å².